The molecule has 0 aliphatic rings. The Kier molecular flexibility index (Phi) is 9.12. The first-order chi connectivity index (χ1) is 17.7. The molecule has 182 valence electrons. The molecular formula is C35H35F. The Bertz CT molecular complexity index is 1350. The van der Waals surface area contributed by atoms with Crippen molar-refractivity contribution in [1.82, 2.24) is 0 Å². The lowest BCUT2D eigenvalue weighted by Crippen LogP contribution is -1.92. The molecule has 0 saturated heterocycles. The number of allylic oxidation sites excluding steroid dienone is 1. The first kappa shape index (κ1) is 25.5. The number of benzene rings is 4. The molecule has 0 spiro atoms. The monoisotopic (exact) mass is 474 g/mol. The molecule has 0 bridgehead atoms. The van der Waals surface area contributed by atoms with Crippen molar-refractivity contribution in [3.8, 4) is 11.8 Å². The minimum atomic E-state index is -0.229. The van der Waals surface area contributed by atoms with Gasteiger partial charge in [-0.2, -0.15) is 0 Å². The summed E-state index contributed by atoms with van der Waals surface area (Å²) in [6, 6.07) is 27.1. The van der Waals surface area contributed by atoms with Crippen LogP contribution in [-0.2, 0) is 25.7 Å². The van der Waals surface area contributed by atoms with Gasteiger partial charge in [-0.05, 0) is 84.4 Å². The zero-order valence-electron chi connectivity index (χ0n) is 21.3. The Morgan fingerprint density at radius 3 is 2.00 bits per heavy atom. The first-order valence-corrected chi connectivity index (χ1v) is 13.2. The topological polar surface area (TPSA) is 0 Å². The fourth-order valence-electron chi connectivity index (χ4n) is 4.50. The summed E-state index contributed by atoms with van der Waals surface area (Å²) >= 11 is 0. The standard InChI is InChI=1S/C35H35F/c1-3-5-7-9-31-21-25-34-33(26-31)24-23-32(35(34)36)22-20-30-18-16-29(17-19-30)15-14-28-12-10-27(11-13-28)8-6-4-2/h4,10-13,16-19,21,23-26H,2-3,5-9,14-15H2,1H3. The van der Waals surface area contributed by atoms with Gasteiger partial charge in [0.2, 0.25) is 0 Å². The molecule has 0 aromatic heterocycles. The summed E-state index contributed by atoms with van der Waals surface area (Å²) in [6.07, 6.45) is 10.7. The Labute approximate surface area is 215 Å². The van der Waals surface area contributed by atoms with E-state index in [0.717, 1.165) is 43.1 Å². The van der Waals surface area contributed by atoms with E-state index in [0.29, 0.717) is 10.9 Å². The molecule has 0 amide bonds. The van der Waals surface area contributed by atoms with Crippen LogP contribution in [0.15, 0.2) is 91.5 Å². The molecule has 0 unspecified atom stereocenters. The number of aryl methyl sites for hydroxylation is 4. The van der Waals surface area contributed by atoms with Crippen molar-refractivity contribution in [3.05, 3.63) is 131 Å². The molecule has 0 aliphatic heterocycles. The molecule has 4 aromatic carbocycles. The third kappa shape index (κ3) is 6.96. The molecule has 0 N–H and O–H groups in total. The summed E-state index contributed by atoms with van der Waals surface area (Å²) in [4.78, 5) is 0. The van der Waals surface area contributed by atoms with Crippen LogP contribution in [0.3, 0.4) is 0 Å². The zero-order valence-corrected chi connectivity index (χ0v) is 21.3. The third-order valence-electron chi connectivity index (χ3n) is 6.75. The van der Waals surface area contributed by atoms with Gasteiger partial charge in [0, 0.05) is 10.9 Å². The molecule has 1 heteroatoms. The smallest absolute Gasteiger partial charge is 0.146 e. The van der Waals surface area contributed by atoms with Gasteiger partial charge in [-0.1, -0.05) is 98.3 Å². The summed E-state index contributed by atoms with van der Waals surface area (Å²) in [5.41, 5.74) is 6.60. The van der Waals surface area contributed by atoms with Crippen molar-refractivity contribution in [2.75, 3.05) is 0 Å². The molecule has 36 heavy (non-hydrogen) atoms. The second-order valence-electron chi connectivity index (χ2n) is 9.53. The Hall–Kier alpha value is -3.63. The fourth-order valence-corrected chi connectivity index (χ4v) is 4.50. The molecular weight excluding hydrogens is 439 g/mol. The normalized spacial score (nSPS) is 10.7. The van der Waals surface area contributed by atoms with Crippen molar-refractivity contribution in [2.45, 2.75) is 58.3 Å². The number of rotatable bonds is 10. The molecule has 0 fully saturated rings. The average Bonchev–Trinajstić information content (AvgIpc) is 2.92. The third-order valence-corrected chi connectivity index (χ3v) is 6.75. The number of hydrogen-bond acceptors (Lipinski definition) is 0. The van der Waals surface area contributed by atoms with Crippen LogP contribution in [0, 0.1) is 17.7 Å². The summed E-state index contributed by atoms with van der Waals surface area (Å²) in [7, 11) is 0. The van der Waals surface area contributed by atoms with Gasteiger partial charge in [0.25, 0.3) is 0 Å². The van der Waals surface area contributed by atoms with E-state index in [-0.39, 0.29) is 5.82 Å². The largest absolute Gasteiger partial charge is 0.205 e. The van der Waals surface area contributed by atoms with Crippen LogP contribution in [0.5, 0.6) is 0 Å². The van der Waals surface area contributed by atoms with Crippen molar-refractivity contribution in [1.29, 1.82) is 0 Å². The van der Waals surface area contributed by atoms with E-state index in [4.69, 9.17) is 0 Å². The molecule has 4 rings (SSSR count). The minimum Gasteiger partial charge on any atom is -0.205 e. The predicted octanol–water partition coefficient (Wildman–Crippen LogP) is 9.02. The lowest BCUT2D eigenvalue weighted by atomic mass is 10.00. The van der Waals surface area contributed by atoms with Gasteiger partial charge in [0.05, 0.1) is 5.56 Å². The number of unbranched alkanes of at least 4 members (excludes halogenated alkanes) is 2. The van der Waals surface area contributed by atoms with Crippen molar-refractivity contribution < 1.29 is 4.39 Å². The molecule has 0 radical (unpaired) electrons. The van der Waals surface area contributed by atoms with E-state index < -0.39 is 0 Å². The highest BCUT2D eigenvalue weighted by atomic mass is 19.1. The van der Waals surface area contributed by atoms with Crippen molar-refractivity contribution in [3.63, 3.8) is 0 Å². The second-order valence-corrected chi connectivity index (χ2v) is 9.53. The van der Waals surface area contributed by atoms with Gasteiger partial charge in [0.15, 0.2) is 0 Å². The predicted molar refractivity (Wildman–Crippen MR) is 152 cm³/mol. The van der Waals surface area contributed by atoms with Gasteiger partial charge in [0.1, 0.15) is 5.82 Å². The van der Waals surface area contributed by atoms with Crippen molar-refractivity contribution in [2.24, 2.45) is 0 Å². The van der Waals surface area contributed by atoms with Gasteiger partial charge < -0.3 is 0 Å². The lowest BCUT2D eigenvalue weighted by molar-refractivity contribution is 0.636. The Balaban J connectivity index is 1.38. The highest BCUT2D eigenvalue weighted by Crippen LogP contribution is 2.23. The molecule has 0 aliphatic carbocycles. The van der Waals surface area contributed by atoms with Gasteiger partial charge in [-0.3, -0.25) is 0 Å². The molecule has 0 atom stereocenters. The molecule has 4 aromatic rings. The van der Waals surface area contributed by atoms with E-state index in [9.17, 15) is 0 Å². The van der Waals surface area contributed by atoms with E-state index in [2.05, 4.69) is 67.8 Å². The van der Waals surface area contributed by atoms with E-state index in [1.165, 1.54) is 41.5 Å². The van der Waals surface area contributed by atoms with E-state index in [1.807, 2.05) is 36.4 Å². The minimum absolute atomic E-state index is 0.229. The molecule has 0 nitrogen and oxygen atoms in total. The number of hydrogen-bond donors (Lipinski definition) is 0. The second kappa shape index (κ2) is 12.9. The summed E-state index contributed by atoms with van der Waals surface area (Å²) in [5, 5.41) is 1.59. The SMILES string of the molecule is C=CCCc1ccc(CCc2ccc(C#Cc3ccc4cc(CCCCC)ccc4c3F)cc2)cc1. The molecule has 0 heterocycles. The van der Waals surface area contributed by atoms with Crippen LogP contribution < -0.4 is 0 Å². The van der Waals surface area contributed by atoms with Crippen LogP contribution in [0.4, 0.5) is 4.39 Å². The fraction of sp³-hybridized carbons (Fsp3) is 0.257. The first-order valence-electron chi connectivity index (χ1n) is 13.2. The van der Waals surface area contributed by atoms with Crippen molar-refractivity contribution >= 4 is 10.8 Å². The van der Waals surface area contributed by atoms with Crippen LogP contribution in [-0.4, -0.2) is 0 Å². The number of halogens is 1. The Morgan fingerprint density at radius 2 is 1.33 bits per heavy atom. The van der Waals surface area contributed by atoms with Gasteiger partial charge >= 0.3 is 0 Å². The van der Waals surface area contributed by atoms with Gasteiger partial charge in [-0.25, -0.2) is 4.39 Å². The molecule has 0 saturated carbocycles. The van der Waals surface area contributed by atoms with E-state index in [1.54, 1.807) is 6.07 Å². The maximum Gasteiger partial charge on any atom is 0.146 e. The zero-order chi connectivity index (χ0) is 25.2. The van der Waals surface area contributed by atoms with E-state index >= 15 is 4.39 Å². The highest BCUT2D eigenvalue weighted by molar-refractivity contribution is 5.85. The highest BCUT2D eigenvalue weighted by Gasteiger charge is 2.07. The maximum atomic E-state index is 15.1. The summed E-state index contributed by atoms with van der Waals surface area (Å²) in [5.74, 6) is 5.95. The average molecular weight is 475 g/mol. The van der Waals surface area contributed by atoms with Crippen LogP contribution in [0.25, 0.3) is 10.8 Å². The quantitative estimate of drug-likeness (QED) is 0.122. The summed E-state index contributed by atoms with van der Waals surface area (Å²) < 4.78 is 15.1. The van der Waals surface area contributed by atoms with Crippen LogP contribution >= 0.6 is 0 Å². The number of fused-ring (bicyclic) bond motifs is 1. The van der Waals surface area contributed by atoms with Crippen LogP contribution in [0.1, 0.15) is 66.0 Å². The maximum absolute atomic E-state index is 15.1. The van der Waals surface area contributed by atoms with Crippen LogP contribution in [0.2, 0.25) is 0 Å². The Morgan fingerprint density at radius 1 is 0.694 bits per heavy atom. The summed E-state index contributed by atoms with van der Waals surface area (Å²) in [6.45, 7) is 6.00. The van der Waals surface area contributed by atoms with Gasteiger partial charge in [-0.15, -0.1) is 6.58 Å². The lowest BCUT2D eigenvalue weighted by Gasteiger charge is -2.06.